The van der Waals surface area contributed by atoms with Gasteiger partial charge in [0.05, 0.1) is 4.90 Å². The number of hydrazone groups is 1. The van der Waals surface area contributed by atoms with Crippen molar-refractivity contribution in [1.82, 2.24) is 4.83 Å². The number of hydrogen-bond acceptors (Lipinski definition) is 3. The molecule has 1 aromatic rings. The van der Waals surface area contributed by atoms with Crippen LogP contribution in [0, 0.1) is 5.92 Å². The van der Waals surface area contributed by atoms with Gasteiger partial charge in [0, 0.05) is 10.2 Å². The van der Waals surface area contributed by atoms with E-state index in [9.17, 15) is 8.42 Å². The molecular weight excluding hydrogens is 328 g/mol. The summed E-state index contributed by atoms with van der Waals surface area (Å²) in [7, 11) is -3.56. The summed E-state index contributed by atoms with van der Waals surface area (Å²) in [5.74, 6) is 0.362. The van der Waals surface area contributed by atoms with Crippen LogP contribution >= 0.6 is 15.9 Å². The first-order valence-corrected chi connectivity index (χ1v) is 8.60. The third-order valence-electron chi connectivity index (χ3n) is 3.32. The Morgan fingerprint density at radius 2 is 1.95 bits per heavy atom. The van der Waals surface area contributed by atoms with Crippen LogP contribution in [0.4, 0.5) is 0 Å². The molecule has 1 N–H and O–H groups in total. The van der Waals surface area contributed by atoms with Crippen LogP contribution in [0.25, 0.3) is 0 Å². The van der Waals surface area contributed by atoms with Crippen LogP contribution in [0.5, 0.6) is 0 Å². The van der Waals surface area contributed by atoms with Gasteiger partial charge in [0.15, 0.2) is 0 Å². The summed E-state index contributed by atoms with van der Waals surface area (Å²) in [6.07, 6.45) is 4.24. The summed E-state index contributed by atoms with van der Waals surface area (Å²) < 4.78 is 25.0. The summed E-state index contributed by atoms with van der Waals surface area (Å²) in [5, 5.41) is 4.10. The first-order chi connectivity index (χ1) is 8.99. The van der Waals surface area contributed by atoms with Crippen LogP contribution in [-0.2, 0) is 10.0 Å². The van der Waals surface area contributed by atoms with Gasteiger partial charge in [-0.3, -0.25) is 0 Å². The molecule has 1 fully saturated rings. The maximum absolute atomic E-state index is 12.1. The maximum Gasteiger partial charge on any atom is 0.276 e. The van der Waals surface area contributed by atoms with E-state index in [0.717, 1.165) is 29.4 Å². The van der Waals surface area contributed by atoms with Crippen molar-refractivity contribution in [3.05, 3.63) is 28.7 Å². The molecular formula is C13H17BrN2O2S. The van der Waals surface area contributed by atoms with Crippen molar-refractivity contribution in [2.45, 2.75) is 37.5 Å². The molecule has 6 heteroatoms. The number of hydrogen-bond donors (Lipinski definition) is 1. The largest absolute Gasteiger partial charge is 0.276 e. The summed E-state index contributed by atoms with van der Waals surface area (Å²) in [4.78, 5) is 2.57. The molecule has 2 rings (SSSR count). The highest BCUT2D eigenvalue weighted by Crippen LogP contribution is 2.21. The summed E-state index contributed by atoms with van der Waals surface area (Å²) in [5.41, 5.74) is 0.951. The van der Waals surface area contributed by atoms with Crippen LogP contribution in [0.1, 0.15) is 32.6 Å². The van der Waals surface area contributed by atoms with Crippen LogP contribution in [-0.4, -0.2) is 14.1 Å². The van der Waals surface area contributed by atoms with Crippen LogP contribution in [0.15, 0.2) is 38.7 Å². The summed E-state index contributed by atoms with van der Waals surface area (Å²) in [6.45, 7) is 2.09. The van der Waals surface area contributed by atoms with E-state index in [2.05, 4.69) is 32.8 Å². The standard InChI is InChI=1S/C13H17BrN2O2S/c1-10-4-2-3-5-13(10)15-16-19(17,18)12-8-6-11(14)7-9-12/h6-10,16H,2-5H2,1H3/b15-13-/t10-/m0/s1. The van der Waals surface area contributed by atoms with Crippen molar-refractivity contribution in [1.29, 1.82) is 0 Å². The zero-order chi connectivity index (χ0) is 13.9. The Bertz CT molecular complexity index is 567. The van der Waals surface area contributed by atoms with Crippen LogP contribution in [0.2, 0.25) is 0 Å². The molecule has 1 aliphatic carbocycles. The SMILES string of the molecule is C[C@H]1CCCC/C1=N/NS(=O)(=O)c1ccc(Br)cc1. The Morgan fingerprint density at radius 1 is 1.26 bits per heavy atom. The number of sulfonamides is 1. The molecule has 1 atom stereocenters. The van der Waals surface area contributed by atoms with E-state index in [4.69, 9.17) is 0 Å². The minimum absolute atomic E-state index is 0.225. The van der Waals surface area contributed by atoms with Crippen molar-refractivity contribution < 1.29 is 8.42 Å². The average molecular weight is 345 g/mol. The lowest BCUT2D eigenvalue weighted by Crippen LogP contribution is -2.24. The van der Waals surface area contributed by atoms with Gasteiger partial charge in [-0.25, -0.2) is 4.83 Å². The van der Waals surface area contributed by atoms with E-state index in [1.165, 1.54) is 6.42 Å². The van der Waals surface area contributed by atoms with Gasteiger partial charge >= 0.3 is 0 Å². The van der Waals surface area contributed by atoms with Crippen molar-refractivity contribution in [2.75, 3.05) is 0 Å². The minimum Gasteiger partial charge on any atom is -0.200 e. The van der Waals surface area contributed by atoms with Gasteiger partial charge in [0.2, 0.25) is 0 Å². The van der Waals surface area contributed by atoms with E-state index < -0.39 is 10.0 Å². The van der Waals surface area contributed by atoms with Crippen LogP contribution < -0.4 is 4.83 Å². The first kappa shape index (κ1) is 14.5. The van der Waals surface area contributed by atoms with Crippen LogP contribution in [0.3, 0.4) is 0 Å². The Kier molecular flexibility index (Phi) is 4.62. The highest BCUT2D eigenvalue weighted by atomic mass is 79.9. The van der Waals surface area contributed by atoms with Crippen molar-refractivity contribution in [2.24, 2.45) is 11.0 Å². The van der Waals surface area contributed by atoms with Gasteiger partial charge in [0.25, 0.3) is 10.0 Å². The Hall–Kier alpha value is -0.880. The molecule has 0 spiro atoms. The smallest absolute Gasteiger partial charge is 0.200 e. The molecule has 1 saturated carbocycles. The molecule has 4 nitrogen and oxygen atoms in total. The fraction of sp³-hybridized carbons (Fsp3) is 0.462. The second-order valence-electron chi connectivity index (χ2n) is 4.80. The second kappa shape index (κ2) is 6.05. The number of halogens is 1. The predicted octanol–water partition coefficient (Wildman–Crippen LogP) is 3.29. The molecule has 0 radical (unpaired) electrons. The highest BCUT2D eigenvalue weighted by molar-refractivity contribution is 9.10. The zero-order valence-corrected chi connectivity index (χ0v) is 13.2. The lowest BCUT2D eigenvalue weighted by Gasteiger charge is -2.19. The molecule has 19 heavy (non-hydrogen) atoms. The molecule has 0 aliphatic heterocycles. The van der Waals surface area contributed by atoms with E-state index in [0.29, 0.717) is 5.92 Å². The molecule has 0 amide bonds. The normalized spacial score (nSPS) is 22.4. The summed E-state index contributed by atoms with van der Waals surface area (Å²) in [6, 6.07) is 6.50. The summed E-state index contributed by atoms with van der Waals surface area (Å²) >= 11 is 3.28. The van der Waals surface area contributed by atoms with E-state index in [1.807, 2.05) is 0 Å². The minimum atomic E-state index is -3.56. The first-order valence-electron chi connectivity index (χ1n) is 6.33. The lowest BCUT2D eigenvalue weighted by molar-refractivity contribution is 0.552. The Labute approximate surface area is 122 Å². The number of nitrogens with one attached hydrogen (secondary N) is 1. The quantitative estimate of drug-likeness (QED) is 0.855. The van der Waals surface area contributed by atoms with E-state index >= 15 is 0 Å². The third kappa shape index (κ3) is 3.79. The predicted molar refractivity (Wildman–Crippen MR) is 79.5 cm³/mol. The molecule has 0 heterocycles. The van der Waals surface area contributed by atoms with Gasteiger partial charge in [-0.2, -0.15) is 13.5 Å². The highest BCUT2D eigenvalue weighted by Gasteiger charge is 2.18. The monoisotopic (exact) mass is 344 g/mol. The number of benzene rings is 1. The number of nitrogens with zero attached hydrogens (tertiary/aromatic N) is 1. The third-order valence-corrected chi connectivity index (χ3v) is 5.08. The van der Waals surface area contributed by atoms with Gasteiger partial charge in [-0.15, -0.1) is 0 Å². The Morgan fingerprint density at radius 3 is 2.58 bits per heavy atom. The average Bonchev–Trinajstić information content (AvgIpc) is 2.38. The molecule has 1 aromatic carbocycles. The van der Waals surface area contributed by atoms with Crippen molar-refractivity contribution in [3.8, 4) is 0 Å². The molecule has 0 saturated heterocycles. The lowest BCUT2D eigenvalue weighted by atomic mass is 9.89. The fourth-order valence-corrected chi connectivity index (χ4v) is 3.22. The van der Waals surface area contributed by atoms with E-state index in [1.54, 1.807) is 24.3 Å². The molecule has 0 aromatic heterocycles. The topological polar surface area (TPSA) is 58.5 Å². The van der Waals surface area contributed by atoms with Gasteiger partial charge < -0.3 is 0 Å². The zero-order valence-electron chi connectivity index (χ0n) is 10.8. The maximum atomic E-state index is 12.1. The number of rotatable bonds is 3. The van der Waals surface area contributed by atoms with Crippen molar-refractivity contribution in [3.63, 3.8) is 0 Å². The molecule has 0 unspecified atom stereocenters. The second-order valence-corrected chi connectivity index (χ2v) is 7.38. The molecule has 104 valence electrons. The molecule has 1 aliphatic rings. The van der Waals surface area contributed by atoms with Gasteiger partial charge in [-0.05, 0) is 49.4 Å². The van der Waals surface area contributed by atoms with Crippen molar-refractivity contribution >= 4 is 31.7 Å². The van der Waals surface area contributed by atoms with Gasteiger partial charge in [0.1, 0.15) is 0 Å². The molecule has 0 bridgehead atoms. The fourth-order valence-electron chi connectivity index (χ4n) is 2.12. The Balaban J connectivity index is 2.13. The van der Waals surface area contributed by atoms with Gasteiger partial charge in [-0.1, -0.05) is 29.3 Å². The van der Waals surface area contributed by atoms with E-state index in [-0.39, 0.29) is 4.90 Å².